The molecule has 0 saturated carbocycles. The van der Waals surface area contributed by atoms with Gasteiger partial charge < -0.3 is 0 Å². The van der Waals surface area contributed by atoms with Crippen molar-refractivity contribution in [2.75, 3.05) is 58.0 Å². The van der Waals surface area contributed by atoms with Gasteiger partial charge >= 0.3 is 0 Å². The summed E-state index contributed by atoms with van der Waals surface area (Å²) in [6.07, 6.45) is 7.55. The van der Waals surface area contributed by atoms with Crippen molar-refractivity contribution < 1.29 is 34.7 Å². The van der Waals surface area contributed by atoms with Gasteiger partial charge in [-0.2, -0.15) is 0 Å². The summed E-state index contributed by atoms with van der Waals surface area (Å²) in [4.78, 5) is 0. The van der Waals surface area contributed by atoms with Gasteiger partial charge in [0.2, 0.25) is 0 Å². The van der Waals surface area contributed by atoms with Crippen LogP contribution in [0.15, 0.2) is 0 Å². The van der Waals surface area contributed by atoms with Crippen LogP contribution >= 0.6 is 23.8 Å². The van der Waals surface area contributed by atoms with E-state index >= 15 is 0 Å². The predicted molar refractivity (Wildman–Crippen MR) is 74.5 cm³/mol. The summed E-state index contributed by atoms with van der Waals surface area (Å²) < 4.78 is 0. The Morgan fingerprint density at radius 1 is 0.600 bits per heavy atom. The van der Waals surface area contributed by atoms with Crippen molar-refractivity contribution in [1.29, 1.82) is 0 Å². The Bertz CT molecular complexity index is 121. The molecule has 0 aromatic carbocycles. The van der Waals surface area contributed by atoms with E-state index in [4.69, 9.17) is 0 Å². The van der Waals surface area contributed by atoms with E-state index in [1.165, 1.54) is 31.1 Å². The van der Waals surface area contributed by atoms with Gasteiger partial charge in [-0.15, -0.1) is 23.8 Å². The van der Waals surface area contributed by atoms with Crippen molar-refractivity contribution in [2.24, 2.45) is 0 Å². The minimum atomic E-state index is 0. The maximum Gasteiger partial charge on any atom is 0 e. The Kier molecular flexibility index (Phi) is 21.7. The number of hydrogen-bond acceptors (Lipinski definition) is 0. The molecule has 92 valence electrons. The maximum absolute atomic E-state index is 2.49. The van der Waals surface area contributed by atoms with Crippen LogP contribution in [0.5, 0.6) is 0 Å². The first kappa shape index (κ1) is 22.5. The van der Waals surface area contributed by atoms with Gasteiger partial charge in [-0.05, 0) is 64.4 Å². The van der Waals surface area contributed by atoms with Crippen LogP contribution in [0.25, 0.3) is 0 Å². The quantitative estimate of drug-likeness (QED) is 0.614. The van der Waals surface area contributed by atoms with Crippen molar-refractivity contribution >= 4 is 23.8 Å². The van der Waals surface area contributed by atoms with Crippen LogP contribution in [0.4, 0.5) is 0 Å². The largest absolute Gasteiger partial charge is 0.113 e. The Hall–Kier alpha value is 2.35. The third kappa shape index (κ3) is 18.9. The van der Waals surface area contributed by atoms with Gasteiger partial charge in [-0.1, -0.05) is 0 Å². The topological polar surface area (TPSA) is 0 Å². The van der Waals surface area contributed by atoms with Crippen LogP contribution in [-0.4, -0.2) is 58.0 Å². The molecule has 1 unspecified atom stereocenters. The molecule has 5 heteroatoms. The zero-order valence-electron chi connectivity index (χ0n) is 10.7. The number of rotatable bonds is 7. The van der Waals surface area contributed by atoms with E-state index in [9.17, 15) is 0 Å². The molecule has 0 N–H and O–H groups in total. The zero-order valence-corrected chi connectivity index (χ0v) is 15.9. The van der Waals surface area contributed by atoms with Gasteiger partial charge in [-0.3, -0.25) is 0 Å². The molecule has 0 saturated heterocycles. The van der Waals surface area contributed by atoms with Crippen molar-refractivity contribution in [1.82, 2.24) is 0 Å². The van der Waals surface area contributed by atoms with Crippen molar-refractivity contribution in [3.05, 3.63) is 0 Å². The minimum absolute atomic E-state index is 0. The van der Waals surface area contributed by atoms with E-state index in [-0.39, 0.29) is 34.7 Å². The standard InChI is InChI=1S/C10H25P3.2Cr/c1-11(2)7-6-8-13(5)10-9-12(3)4;;/h6-10H2,1-5H3;;. The molecule has 0 aliphatic heterocycles. The second-order valence-electron chi connectivity index (χ2n) is 4.26. The van der Waals surface area contributed by atoms with Crippen LogP contribution in [0.3, 0.4) is 0 Å². The van der Waals surface area contributed by atoms with Gasteiger partial charge in [0.15, 0.2) is 0 Å². The van der Waals surface area contributed by atoms with Gasteiger partial charge in [0.1, 0.15) is 0 Å². The summed E-state index contributed by atoms with van der Waals surface area (Å²) in [5.41, 5.74) is 0. The molecule has 0 aromatic heterocycles. The summed E-state index contributed by atoms with van der Waals surface area (Å²) in [6, 6.07) is 0. The van der Waals surface area contributed by atoms with Crippen LogP contribution in [0.2, 0.25) is 0 Å². The van der Waals surface area contributed by atoms with Crippen LogP contribution < -0.4 is 0 Å². The van der Waals surface area contributed by atoms with E-state index in [2.05, 4.69) is 33.3 Å². The fourth-order valence-corrected chi connectivity index (χ4v) is 6.07. The van der Waals surface area contributed by atoms with Gasteiger partial charge in [0.25, 0.3) is 0 Å². The molecule has 0 amide bonds. The Labute approximate surface area is 122 Å². The molecule has 0 radical (unpaired) electrons. The minimum Gasteiger partial charge on any atom is -0.113 e. The molecule has 15 heavy (non-hydrogen) atoms. The summed E-state index contributed by atoms with van der Waals surface area (Å²) in [5.74, 6) is 0. The zero-order chi connectivity index (χ0) is 10.3. The molecule has 0 nitrogen and oxygen atoms in total. The van der Waals surface area contributed by atoms with E-state index in [0.717, 1.165) is 0 Å². The van der Waals surface area contributed by atoms with Crippen molar-refractivity contribution in [2.45, 2.75) is 6.42 Å². The molecule has 0 bridgehead atoms. The maximum atomic E-state index is 2.49. The summed E-state index contributed by atoms with van der Waals surface area (Å²) in [5, 5.41) is 0. The second-order valence-corrected chi connectivity index (χ2v) is 12.1. The molecule has 0 aliphatic rings. The first-order valence-corrected chi connectivity index (χ1v) is 12.0. The average Bonchev–Trinajstić information content (AvgIpc) is 2.00. The Morgan fingerprint density at radius 2 is 1.07 bits per heavy atom. The van der Waals surface area contributed by atoms with Crippen LogP contribution in [-0.2, 0) is 34.7 Å². The van der Waals surface area contributed by atoms with E-state index in [1.807, 2.05) is 0 Å². The van der Waals surface area contributed by atoms with Gasteiger partial charge in [0, 0.05) is 34.7 Å². The first-order valence-electron chi connectivity index (χ1n) is 5.00. The molecular formula is C10H25Cr2P3. The third-order valence-electron chi connectivity index (χ3n) is 2.07. The first-order chi connectivity index (χ1) is 6.02. The normalized spacial score (nSPS) is 12.2. The van der Waals surface area contributed by atoms with Crippen LogP contribution in [0, 0.1) is 0 Å². The predicted octanol–water partition coefficient (Wildman–Crippen LogP) is 3.97. The SMILES string of the molecule is CP(C)CCCP(C)CCP(C)C.[Cr].[Cr]. The smallest absolute Gasteiger partial charge is 0 e. The fraction of sp³-hybridized carbons (Fsp3) is 1.00. The Morgan fingerprint density at radius 3 is 1.47 bits per heavy atom. The third-order valence-corrected chi connectivity index (χ3v) is 6.82. The van der Waals surface area contributed by atoms with E-state index in [0.29, 0.717) is 23.8 Å². The van der Waals surface area contributed by atoms with E-state index in [1.54, 1.807) is 0 Å². The Balaban J connectivity index is -0.000000720. The van der Waals surface area contributed by atoms with E-state index < -0.39 is 0 Å². The molecule has 1 atom stereocenters. The fourth-order valence-electron chi connectivity index (χ4n) is 1.14. The summed E-state index contributed by atoms with van der Waals surface area (Å²) in [6.45, 7) is 12.1. The molecule has 0 heterocycles. The van der Waals surface area contributed by atoms with Crippen molar-refractivity contribution in [3.63, 3.8) is 0 Å². The monoisotopic (exact) mass is 342 g/mol. The molecule has 0 spiro atoms. The van der Waals surface area contributed by atoms with Gasteiger partial charge in [-0.25, -0.2) is 0 Å². The van der Waals surface area contributed by atoms with Crippen molar-refractivity contribution in [3.8, 4) is 0 Å². The molecule has 0 aromatic rings. The second kappa shape index (κ2) is 14.4. The molecular weight excluding hydrogens is 317 g/mol. The summed E-state index contributed by atoms with van der Waals surface area (Å²) in [7, 11) is 1.10. The molecule has 0 rings (SSSR count). The summed E-state index contributed by atoms with van der Waals surface area (Å²) >= 11 is 0. The number of hydrogen-bond donors (Lipinski definition) is 0. The average molecular weight is 342 g/mol. The van der Waals surface area contributed by atoms with Crippen LogP contribution in [0.1, 0.15) is 6.42 Å². The molecule has 0 fully saturated rings. The molecule has 0 aliphatic carbocycles. The van der Waals surface area contributed by atoms with Gasteiger partial charge in [0.05, 0.1) is 0 Å².